The van der Waals surface area contributed by atoms with E-state index in [1.165, 1.54) is 4.90 Å². The second-order valence-electron chi connectivity index (χ2n) is 6.01. The number of nitrogens with one attached hydrogen (secondary N) is 2. The Hall–Kier alpha value is -2.27. The standard InChI is InChI=1S/C20H24N2O2S/c1-15(2)18(22-19(23)16-9-5-3-6-10-16)20(24)21-13-14-25-17-11-7-4-8-12-17/h3-12,15,18H,13-14H2,1-2H3,(H,21,24)(H,22,23). The van der Waals surface area contributed by atoms with Crippen LogP contribution < -0.4 is 10.6 Å². The van der Waals surface area contributed by atoms with Gasteiger partial charge in [0.05, 0.1) is 0 Å². The number of hydrogen-bond donors (Lipinski definition) is 2. The molecule has 2 amide bonds. The Labute approximate surface area is 153 Å². The summed E-state index contributed by atoms with van der Waals surface area (Å²) in [5.41, 5.74) is 0.556. The number of carbonyl (C=O) groups is 2. The summed E-state index contributed by atoms with van der Waals surface area (Å²) in [4.78, 5) is 25.9. The minimum atomic E-state index is -0.547. The molecule has 0 fully saturated rings. The number of hydrogen-bond acceptors (Lipinski definition) is 3. The third-order valence-electron chi connectivity index (χ3n) is 3.68. The second-order valence-corrected chi connectivity index (χ2v) is 7.18. The number of carbonyl (C=O) groups excluding carboxylic acids is 2. The predicted octanol–water partition coefficient (Wildman–Crippen LogP) is 3.35. The van der Waals surface area contributed by atoms with Crippen LogP contribution in [0, 0.1) is 5.92 Å². The summed E-state index contributed by atoms with van der Waals surface area (Å²) in [6, 6.07) is 18.5. The molecule has 4 nitrogen and oxygen atoms in total. The van der Waals surface area contributed by atoms with Gasteiger partial charge in [0.15, 0.2) is 0 Å². The smallest absolute Gasteiger partial charge is 0.251 e. The van der Waals surface area contributed by atoms with Crippen LogP contribution in [0.5, 0.6) is 0 Å². The minimum absolute atomic E-state index is 0.00874. The van der Waals surface area contributed by atoms with Gasteiger partial charge in [-0.25, -0.2) is 0 Å². The molecule has 2 aromatic rings. The summed E-state index contributed by atoms with van der Waals surface area (Å²) < 4.78 is 0. The van der Waals surface area contributed by atoms with E-state index < -0.39 is 6.04 Å². The van der Waals surface area contributed by atoms with E-state index in [-0.39, 0.29) is 17.7 Å². The SMILES string of the molecule is CC(C)C(NC(=O)c1ccccc1)C(=O)NCCSc1ccccc1. The highest BCUT2D eigenvalue weighted by Gasteiger charge is 2.24. The summed E-state index contributed by atoms with van der Waals surface area (Å²) >= 11 is 1.69. The lowest BCUT2D eigenvalue weighted by Gasteiger charge is -2.21. The van der Waals surface area contributed by atoms with Crippen molar-refractivity contribution >= 4 is 23.6 Å². The first-order chi connectivity index (χ1) is 12.1. The number of rotatable bonds is 8. The quantitative estimate of drug-likeness (QED) is 0.563. The van der Waals surface area contributed by atoms with Crippen molar-refractivity contribution in [2.45, 2.75) is 24.8 Å². The molecule has 1 atom stereocenters. The summed E-state index contributed by atoms with van der Waals surface area (Å²) in [7, 11) is 0. The maximum Gasteiger partial charge on any atom is 0.251 e. The zero-order valence-corrected chi connectivity index (χ0v) is 15.4. The van der Waals surface area contributed by atoms with Crippen molar-refractivity contribution in [2.24, 2.45) is 5.92 Å². The van der Waals surface area contributed by atoms with Crippen LogP contribution in [0.25, 0.3) is 0 Å². The van der Waals surface area contributed by atoms with Crippen molar-refractivity contribution in [3.05, 3.63) is 66.2 Å². The maximum atomic E-state index is 12.4. The second kappa shape index (κ2) is 9.89. The fourth-order valence-electron chi connectivity index (χ4n) is 2.32. The first kappa shape index (κ1) is 19.1. The Morgan fingerprint density at radius 3 is 2.16 bits per heavy atom. The molecule has 0 aromatic heterocycles. The van der Waals surface area contributed by atoms with Gasteiger partial charge in [-0.05, 0) is 30.2 Å². The van der Waals surface area contributed by atoms with Gasteiger partial charge >= 0.3 is 0 Å². The molecule has 0 radical (unpaired) electrons. The van der Waals surface area contributed by atoms with Gasteiger partial charge in [-0.1, -0.05) is 50.2 Å². The Morgan fingerprint density at radius 2 is 1.56 bits per heavy atom. The van der Waals surface area contributed by atoms with Crippen LogP contribution in [0.3, 0.4) is 0 Å². The monoisotopic (exact) mass is 356 g/mol. The summed E-state index contributed by atoms with van der Waals surface area (Å²) in [6.45, 7) is 4.41. The highest BCUT2D eigenvalue weighted by molar-refractivity contribution is 7.99. The number of thioether (sulfide) groups is 1. The molecule has 2 N–H and O–H groups in total. The molecule has 0 saturated carbocycles. The van der Waals surface area contributed by atoms with E-state index in [2.05, 4.69) is 10.6 Å². The van der Waals surface area contributed by atoms with Gasteiger partial charge in [0.2, 0.25) is 5.91 Å². The van der Waals surface area contributed by atoms with Crippen LogP contribution >= 0.6 is 11.8 Å². The molecule has 1 unspecified atom stereocenters. The van der Waals surface area contributed by atoms with Crippen LogP contribution in [0.15, 0.2) is 65.6 Å². The van der Waals surface area contributed by atoms with E-state index in [1.807, 2.05) is 50.2 Å². The lowest BCUT2D eigenvalue weighted by molar-refractivity contribution is -0.123. The average molecular weight is 356 g/mol. The summed E-state index contributed by atoms with van der Waals surface area (Å²) in [6.07, 6.45) is 0. The van der Waals surface area contributed by atoms with Crippen molar-refractivity contribution in [1.82, 2.24) is 10.6 Å². The fourth-order valence-corrected chi connectivity index (χ4v) is 3.11. The van der Waals surface area contributed by atoms with E-state index in [9.17, 15) is 9.59 Å². The Balaban J connectivity index is 1.82. The van der Waals surface area contributed by atoms with E-state index in [1.54, 1.807) is 36.0 Å². The normalized spacial score (nSPS) is 11.8. The number of benzene rings is 2. The first-order valence-electron chi connectivity index (χ1n) is 8.39. The predicted molar refractivity (Wildman–Crippen MR) is 103 cm³/mol. The van der Waals surface area contributed by atoms with E-state index in [4.69, 9.17) is 0 Å². The van der Waals surface area contributed by atoms with E-state index in [0.717, 1.165) is 5.75 Å². The van der Waals surface area contributed by atoms with E-state index >= 15 is 0 Å². The molecule has 0 spiro atoms. The van der Waals surface area contributed by atoms with Crippen molar-refractivity contribution in [3.8, 4) is 0 Å². The largest absolute Gasteiger partial charge is 0.353 e. The van der Waals surface area contributed by atoms with Gasteiger partial charge in [-0.15, -0.1) is 11.8 Å². The van der Waals surface area contributed by atoms with Crippen LogP contribution in [0.4, 0.5) is 0 Å². The summed E-state index contributed by atoms with van der Waals surface area (Å²) in [5.74, 6) is 0.420. The van der Waals surface area contributed by atoms with Gasteiger partial charge in [0, 0.05) is 22.8 Å². The zero-order valence-electron chi connectivity index (χ0n) is 14.6. The van der Waals surface area contributed by atoms with Crippen LogP contribution in [0.1, 0.15) is 24.2 Å². The lowest BCUT2D eigenvalue weighted by atomic mass is 10.0. The number of amides is 2. The zero-order chi connectivity index (χ0) is 18.1. The molecule has 132 valence electrons. The van der Waals surface area contributed by atoms with Gasteiger partial charge in [0.1, 0.15) is 6.04 Å². The molecule has 0 aliphatic carbocycles. The molecule has 25 heavy (non-hydrogen) atoms. The molecule has 0 saturated heterocycles. The van der Waals surface area contributed by atoms with Gasteiger partial charge in [-0.2, -0.15) is 0 Å². The summed E-state index contributed by atoms with van der Waals surface area (Å²) in [5, 5.41) is 5.75. The van der Waals surface area contributed by atoms with Crippen molar-refractivity contribution in [1.29, 1.82) is 0 Å². The molecule has 0 heterocycles. The van der Waals surface area contributed by atoms with Crippen molar-refractivity contribution in [3.63, 3.8) is 0 Å². The molecule has 0 aliphatic rings. The molecule has 2 aromatic carbocycles. The van der Waals surface area contributed by atoms with Crippen LogP contribution in [0.2, 0.25) is 0 Å². The molecule has 0 aliphatic heterocycles. The molecule has 5 heteroatoms. The molecular formula is C20H24N2O2S. The molecule has 2 rings (SSSR count). The third-order valence-corrected chi connectivity index (χ3v) is 4.70. The van der Waals surface area contributed by atoms with Gasteiger partial charge < -0.3 is 10.6 Å². The lowest BCUT2D eigenvalue weighted by Crippen LogP contribution is -2.50. The Bertz CT molecular complexity index is 675. The fraction of sp³-hybridized carbons (Fsp3) is 0.300. The molecular weight excluding hydrogens is 332 g/mol. The van der Waals surface area contributed by atoms with Crippen molar-refractivity contribution < 1.29 is 9.59 Å². The maximum absolute atomic E-state index is 12.4. The Morgan fingerprint density at radius 1 is 0.960 bits per heavy atom. The van der Waals surface area contributed by atoms with Crippen LogP contribution in [-0.4, -0.2) is 30.2 Å². The van der Waals surface area contributed by atoms with Crippen LogP contribution in [-0.2, 0) is 4.79 Å². The van der Waals surface area contributed by atoms with E-state index in [0.29, 0.717) is 12.1 Å². The first-order valence-corrected chi connectivity index (χ1v) is 9.38. The van der Waals surface area contributed by atoms with Gasteiger partial charge in [0.25, 0.3) is 5.91 Å². The van der Waals surface area contributed by atoms with Crippen molar-refractivity contribution in [2.75, 3.05) is 12.3 Å². The minimum Gasteiger partial charge on any atom is -0.353 e. The van der Waals surface area contributed by atoms with Gasteiger partial charge in [-0.3, -0.25) is 9.59 Å². The highest BCUT2D eigenvalue weighted by atomic mass is 32.2. The average Bonchev–Trinajstić information content (AvgIpc) is 2.64. The third kappa shape index (κ3) is 6.27. The molecule has 0 bridgehead atoms. The highest BCUT2D eigenvalue weighted by Crippen LogP contribution is 2.15. The topological polar surface area (TPSA) is 58.2 Å². The Kier molecular flexibility index (Phi) is 7.54.